The SMILES string of the molecule is CCC[Si](C)(C)C#Cc1ccc(C)c(O/C(=C\OC)C(=O)OC)c1. The van der Waals surface area contributed by atoms with Gasteiger partial charge in [0.15, 0.2) is 0 Å². The number of esters is 1. The summed E-state index contributed by atoms with van der Waals surface area (Å²) in [6, 6.07) is 6.91. The van der Waals surface area contributed by atoms with Crippen LogP contribution in [0, 0.1) is 18.4 Å². The molecule has 0 unspecified atom stereocenters. The van der Waals surface area contributed by atoms with E-state index in [-0.39, 0.29) is 5.76 Å². The van der Waals surface area contributed by atoms with Crippen molar-refractivity contribution >= 4 is 14.0 Å². The van der Waals surface area contributed by atoms with Crippen LogP contribution in [0.15, 0.2) is 30.2 Å². The van der Waals surface area contributed by atoms with Crippen LogP contribution in [0.2, 0.25) is 19.1 Å². The summed E-state index contributed by atoms with van der Waals surface area (Å²) in [5.41, 5.74) is 5.21. The number of carbonyl (C=O) groups is 1. The number of hydrogen-bond acceptors (Lipinski definition) is 4. The number of ether oxygens (including phenoxy) is 3. The quantitative estimate of drug-likeness (QED) is 0.256. The van der Waals surface area contributed by atoms with Crippen molar-refractivity contribution < 1.29 is 19.0 Å². The first-order chi connectivity index (χ1) is 11.3. The van der Waals surface area contributed by atoms with Gasteiger partial charge in [0.2, 0.25) is 5.76 Å². The number of benzene rings is 1. The van der Waals surface area contributed by atoms with Crippen molar-refractivity contribution in [3.8, 4) is 17.2 Å². The molecule has 1 rings (SSSR count). The molecular formula is C19H26O4Si. The molecule has 1 aromatic rings. The zero-order chi connectivity index (χ0) is 18.2. The fraction of sp³-hybridized carbons (Fsp3) is 0.421. The summed E-state index contributed by atoms with van der Waals surface area (Å²) in [5.74, 6) is 3.21. The Morgan fingerprint density at radius 1 is 1.29 bits per heavy atom. The maximum atomic E-state index is 11.7. The third-order valence-corrected chi connectivity index (χ3v) is 5.99. The largest absolute Gasteiger partial charge is 0.500 e. The average Bonchev–Trinajstić information content (AvgIpc) is 2.54. The molecule has 5 heteroatoms. The fourth-order valence-electron chi connectivity index (χ4n) is 2.16. The smallest absolute Gasteiger partial charge is 0.377 e. The second kappa shape index (κ2) is 9.19. The third-order valence-electron chi connectivity index (χ3n) is 3.44. The average molecular weight is 346 g/mol. The van der Waals surface area contributed by atoms with Crippen molar-refractivity contribution in [1.82, 2.24) is 0 Å². The van der Waals surface area contributed by atoms with E-state index >= 15 is 0 Å². The molecule has 0 spiro atoms. The molecule has 0 saturated heterocycles. The molecule has 0 saturated carbocycles. The van der Waals surface area contributed by atoms with E-state index in [9.17, 15) is 4.79 Å². The molecule has 0 aliphatic rings. The van der Waals surface area contributed by atoms with Gasteiger partial charge in [0.1, 0.15) is 20.1 Å². The van der Waals surface area contributed by atoms with Gasteiger partial charge < -0.3 is 14.2 Å². The van der Waals surface area contributed by atoms with E-state index in [4.69, 9.17) is 14.2 Å². The molecular weight excluding hydrogens is 320 g/mol. The number of carbonyl (C=O) groups excluding carboxylic acids is 1. The van der Waals surface area contributed by atoms with Crippen molar-refractivity contribution in [3.05, 3.63) is 41.3 Å². The third kappa shape index (κ3) is 6.13. The summed E-state index contributed by atoms with van der Waals surface area (Å²) in [5, 5.41) is 0. The lowest BCUT2D eigenvalue weighted by atomic mass is 10.1. The van der Waals surface area contributed by atoms with Crippen LogP contribution < -0.4 is 4.74 Å². The number of aryl methyl sites for hydroxylation is 1. The molecule has 0 amide bonds. The molecule has 0 aromatic heterocycles. The molecule has 24 heavy (non-hydrogen) atoms. The predicted molar refractivity (Wildman–Crippen MR) is 98.4 cm³/mol. The van der Waals surface area contributed by atoms with Crippen molar-refractivity contribution in [2.45, 2.75) is 39.4 Å². The Kier molecular flexibility index (Phi) is 7.60. The van der Waals surface area contributed by atoms with Crippen LogP contribution in [0.1, 0.15) is 24.5 Å². The molecule has 0 aliphatic heterocycles. The van der Waals surface area contributed by atoms with E-state index < -0.39 is 14.0 Å². The molecule has 0 heterocycles. The lowest BCUT2D eigenvalue weighted by Crippen LogP contribution is -2.22. The Hall–Kier alpha value is -2.19. The maximum Gasteiger partial charge on any atom is 0.377 e. The molecule has 0 radical (unpaired) electrons. The number of hydrogen-bond donors (Lipinski definition) is 0. The highest BCUT2D eigenvalue weighted by atomic mass is 28.3. The van der Waals surface area contributed by atoms with Gasteiger partial charge in [0.25, 0.3) is 0 Å². The lowest BCUT2D eigenvalue weighted by molar-refractivity contribution is -0.138. The fourth-order valence-corrected chi connectivity index (χ4v) is 4.01. The molecule has 4 nitrogen and oxygen atoms in total. The van der Waals surface area contributed by atoms with Gasteiger partial charge in [-0.1, -0.05) is 38.4 Å². The first-order valence-corrected chi connectivity index (χ1v) is 11.2. The van der Waals surface area contributed by atoms with Crippen molar-refractivity contribution in [3.63, 3.8) is 0 Å². The van der Waals surface area contributed by atoms with Crippen LogP contribution >= 0.6 is 0 Å². The van der Waals surface area contributed by atoms with Crippen LogP contribution in [0.5, 0.6) is 5.75 Å². The Morgan fingerprint density at radius 2 is 2.00 bits per heavy atom. The highest BCUT2D eigenvalue weighted by molar-refractivity contribution is 6.85. The van der Waals surface area contributed by atoms with Crippen LogP contribution in [0.4, 0.5) is 0 Å². The second-order valence-electron chi connectivity index (χ2n) is 6.18. The highest BCUT2D eigenvalue weighted by Crippen LogP contribution is 2.22. The summed E-state index contributed by atoms with van der Waals surface area (Å²) >= 11 is 0. The first-order valence-electron chi connectivity index (χ1n) is 7.96. The number of methoxy groups -OCH3 is 2. The number of rotatable bonds is 6. The van der Waals surface area contributed by atoms with Gasteiger partial charge in [0.05, 0.1) is 14.2 Å². The minimum Gasteiger partial charge on any atom is -0.500 e. The summed E-state index contributed by atoms with van der Waals surface area (Å²) in [6.45, 7) is 8.63. The Balaban J connectivity index is 3.08. The molecule has 0 aliphatic carbocycles. The first kappa shape index (κ1) is 19.9. The van der Waals surface area contributed by atoms with Gasteiger partial charge in [-0.05, 0) is 30.7 Å². The van der Waals surface area contributed by atoms with E-state index in [1.165, 1.54) is 26.5 Å². The zero-order valence-corrected chi connectivity index (χ0v) is 16.4. The van der Waals surface area contributed by atoms with Gasteiger partial charge in [-0.15, -0.1) is 5.54 Å². The van der Waals surface area contributed by atoms with Gasteiger partial charge in [0, 0.05) is 5.56 Å². The van der Waals surface area contributed by atoms with Gasteiger partial charge in [-0.2, -0.15) is 0 Å². The van der Waals surface area contributed by atoms with E-state index in [0.29, 0.717) is 5.75 Å². The van der Waals surface area contributed by atoms with Crippen LogP contribution in [-0.4, -0.2) is 28.3 Å². The standard InChI is InChI=1S/C19H26O4Si/c1-7-11-24(5,6)12-10-16-9-8-15(2)17(13-16)23-18(14-21-3)19(20)22-4/h8-9,13-14H,7,11H2,1-6H3/b18-14-. The van der Waals surface area contributed by atoms with Crippen LogP contribution in [0.3, 0.4) is 0 Å². The topological polar surface area (TPSA) is 44.8 Å². The van der Waals surface area contributed by atoms with Crippen LogP contribution in [-0.2, 0) is 14.3 Å². The van der Waals surface area contributed by atoms with Crippen LogP contribution in [0.25, 0.3) is 0 Å². The zero-order valence-electron chi connectivity index (χ0n) is 15.4. The molecule has 0 atom stereocenters. The molecule has 0 N–H and O–H groups in total. The minimum atomic E-state index is -1.49. The summed E-state index contributed by atoms with van der Waals surface area (Å²) in [4.78, 5) is 11.7. The van der Waals surface area contributed by atoms with Crippen molar-refractivity contribution in [2.75, 3.05) is 14.2 Å². The van der Waals surface area contributed by atoms with E-state index in [2.05, 4.69) is 31.5 Å². The van der Waals surface area contributed by atoms with Crippen molar-refractivity contribution in [1.29, 1.82) is 0 Å². The summed E-state index contributed by atoms with van der Waals surface area (Å²) < 4.78 is 15.2. The Morgan fingerprint density at radius 3 is 2.58 bits per heavy atom. The monoisotopic (exact) mass is 346 g/mol. The van der Waals surface area contributed by atoms with E-state index in [1.807, 2.05) is 25.1 Å². The normalized spacial score (nSPS) is 11.3. The highest BCUT2D eigenvalue weighted by Gasteiger charge is 2.16. The summed E-state index contributed by atoms with van der Waals surface area (Å²) in [6.07, 6.45) is 2.38. The second-order valence-corrected chi connectivity index (χ2v) is 10.7. The summed E-state index contributed by atoms with van der Waals surface area (Å²) in [7, 11) is 1.25. The molecule has 0 fully saturated rings. The van der Waals surface area contributed by atoms with Gasteiger partial charge in [-0.3, -0.25) is 0 Å². The van der Waals surface area contributed by atoms with E-state index in [0.717, 1.165) is 17.5 Å². The lowest BCUT2D eigenvalue weighted by Gasteiger charge is -2.13. The Bertz CT molecular complexity index is 666. The molecule has 1 aromatic carbocycles. The van der Waals surface area contributed by atoms with Gasteiger partial charge in [-0.25, -0.2) is 4.79 Å². The van der Waals surface area contributed by atoms with E-state index in [1.54, 1.807) is 0 Å². The van der Waals surface area contributed by atoms with Crippen molar-refractivity contribution in [2.24, 2.45) is 0 Å². The Labute approximate surface area is 145 Å². The maximum absolute atomic E-state index is 11.7. The molecule has 0 bridgehead atoms. The predicted octanol–water partition coefficient (Wildman–Crippen LogP) is 4.04. The minimum absolute atomic E-state index is 0.00565. The van der Waals surface area contributed by atoms with Gasteiger partial charge >= 0.3 is 5.97 Å². The molecule has 130 valence electrons.